The molecule has 32 heavy (non-hydrogen) atoms. The number of amides is 1. The van der Waals surface area contributed by atoms with Crippen LogP contribution in [0.5, 0.6) is 0 Å². The molecule has 0 saturated carbocycles. The molecule has 166 valence electrons. The summed E-state index contributed by atoms with van der Waals surface area (Å²) in [4.78, 5) is 13.4. The number of hydrogen-bond acceptors (Lipinski definition) is 3. The van der Waals surface area contributed by atoms with Gasteiger partial charge in [0.15, 0.2) is 0 Å². The van der Waals surface area contributed by atoms with E-state index in [2.05, 4.69) is 19.2 Å². The average molecular weight is 449 g/mol. The van der Waals surface area contributed by atoms with E-state index in [1.807, 2.05) is 61.5 Å². The lowest BCUT2D eigenvalue weighted by atomic mass is 9.97. The molecular formula is C26H28N2O3S. The van der Waals surface area contributed by atoms with E-state index < -0.39 is 10.0 Å². The Morgan fingerprint density at radius 1 is 0.938 bits per heavy atom. The van der Waals surface area contributed by atoms with Crippen molar-refractivity contribution in [1.82, 2.24) is 5.32 Å². The average Bonchev–Trinajstić information content (AvgIpc) is 2.77. The van der Waals surface area contributed by atoms with E-state index in [-0.39, 0.29) is 23.4 Å². The summed E-state index contributed by atoms with van der Waals surface area (Å²) in [7, 11) is -3.86. The molecule has 0 unspecified atom stereocenters. The molecular weight excluding hydrogens is 420 g/mol. The van der Waals surface area contributed by atoms with E-state index in [0.717, 1.165) is 23.1 Å². The van der Waals surface area contributed by atoms with Gasteiger partial charge in [0, 0.05) is 11.1 Å². The summed E-state index contributed by atoms with van der Waals surface area (Å²) >= 11 is 0. The number of anilines is 1. The van der Waals surface area contributed by atoms with Crippen molar-refractivity contribution in [3.05, 3.63) is 83.9 Å². The van der Waals surface area contributed by atoms with Gasteiger partial charge in [-0.1, -0.05) is 74.0 Å². The fourth-order valence-corrected chi connectivity index (χ4v) is 5.87. The number of nitrogens with one attached hydrogen (secondary N) is 1. The highest BCUT2D eigenvalue weighted by molar-refractivity contribution is 7.93. The molecule has 1 heterocycles. The van der Waals surface area contributed by atoms with Crippen molar-refractivity contribution >= 4 is 21.6 Å². The molecule has 1 aliphatic rings. The number of sulfonamides is 1. The zero-order valence-corrected chi connectivity index (χ0v) is 19.4. The summed E-state index contributed by atoms with van der Waals surface area (Å²) in [5.41, 5.74) is 4.07. The SMILES string of the molecule is Cc1ccc2c(c1)-c1ccccc1S(=O)(=O)N2CC(=O)N[C@@H](CC(C)C)c1ccccc1. The monoisotopic (exact) mass is 448 g/mol. The van der Waals surface area contributed by atoms with E-state index in [9.17, 15) is 13.2 Å². The zero-order valence-electron chi connectivity index (χ0n) is 18.6. The molecule has 0 bridgehead atoms. The van der Waals surface area contributed by atoms with Crippen molar-refractivity contribution in [2.75, 3.05) is 10.8 Å². The number of fused-ring (bicyclic) bond motifs is 3. The highest BCUT2D eigenvalue weighted by Gasteiger charge is 2.36. The highest BCUT2D eigenvalue weighted by Crippen LogP contribution is 2.43. The summed E-state index contributed by atoms with van der Waals surface area (Å²) < 4.78 is 28.2. The van der Waals surface area contributed by atoms with Gasteiger partial charge >= 0.3 is 0 Å². The summed E-state index contributed by atoms with van der Waals surface area (Å²) in [6, 6.07) is 22.2. The van der Waals surface area contributed by atoms with Gasteiger partial charge in [0.05, 0.1) is 16.6 Å². The third-order valence-electron chi connectivity index (χ3n) is 5.70. The van der Waals surface area contributed by atoms with Crippen molar-refractivity contribution in [2.45, 2.75) is 38.1 Å². The first-order chi connectivity index (χ1) is 15.3. The van der Waals surface area contributed by atoms with Gasteiger partial charge < -0.3 is 5.32 Å². The van der Waals surface area contributed by atoms with E-state index in [0.29, 0.717) is 17.2 Å². The van der Waals surface area contributed by atoms with Gasteiger partial charge in [0.25, 0.3) is 10.0 Å². The van der Waals surface area contributed by atoms with Gasteiger partial charge in [-0.3, -0.25) is 9.10 Å². The summed E-state index contributed by atoms with van der Waals surface area (Å²) in [5.74, 6) is 0.0452. The number of carbonyl (C=O) groups excluding carboxylic acids is 1. The van der Waals surface area contributed by atoms with Gasteiger partial charge in [0.1, 0.15) is 6.54 Å². The fourth-order valence-electron chi connectivity index (χ4n) is 4.22. The van der Waals surface area contributed by atoms with Crippen LogP contribution in [-0.4, -0.2) is 20.9 Å². The maximum absolute atomic E-state index is 13.5. The number of aryl methyl sites for hydroxylation is 1. The van der Waals surface area contributed by atoms with Crippen LogP contribution in [0.15, 0.2) is 77.7 Å². The van der Waals surface area contributed by atoms with E-state index in [1.54, 1.807) is 18.2 Å². The predicted octanol–water partition coefficient (Wildman–Crippen LogP) is 5.07. The van der Waals surface area contributed by atoms with Crippen LogP contribution in [0.25, 0.3) is 11.1 Å². The zero-order chi connectivity index (χ0) is 22.9. The van der Waals surface area contributed by atoms with E-state index in [1.165, 1.54) is 4.31 Å². The molecule has 1 N–H and O–H groups in total. The number of hydrogen-bond donors (Lipinski definition) is 1. The lowest BCUT2D eigenvalue weighted by molar-refractivity contribution is -0.120. The molecule has 0 fully saturated rings. The fraction of sp³-hybridized carbons (Fsp3) is 0.269. The van der Waals surface area contributed by atoms with Gasteiger partial charge in [-0.05, 0) is 43.0 Å². The number of carbonyl (C=O) groups is 1. The van der Waals surface area contributed by atoms with Crippen LogP contribution in [0.3, 0.4) is 0 Å². The molecule has 3 aromatic rings. The molecule has 0 aliphatic carbocycles. The number of rotatable bonds is 6. The molecule has 1 aliphatic heterocycles. The second-order valence-electron chi connectivity index (χ2n) is 8.69. The van der Waals surface area contributed by atoms with Crippen molar-refractivity contribution in [3.63, 3.8) is 0 Å². The summed E-state index contributed by atoms with van der Waals surface area (Å²) in [5, 5.41) is 3.07. The predicted molar refractivity (Wildman–Crippen MR) is 128 cm³/mol. The third-order valence-corrected chi connectivity index (χ3v) is 7.52. The van der Waals surface area contributed by atoms with E-state index in [4.69, 9.17) is 0 Å². The van der Waals surface area contributed by atoms with Crippen LogP contribution in [0, 0.1) is 12.8 Å². The van der Waals surface area contributed by atoms with Crippen molar-refractivity contribution in [3.8, 4) is 11.1 Å². The molecule has 6 heteroatoms. The van der Waals surface area contributed by atoms with Gasteiger partial charge in [0.2, 0.25) is 5.91 Å². The summed E-state index contributed by atoms with van der Waals surface area (Å²) in [6.45, 7) is 5.91. The summed E-state index contributed by atoms with van der Waals surface area (Å²) in [6.07, 6.45) is 0.765. The maximum Gasteiger partial charge on any atom is 0.265 e. The van der Waals surface area contributed by atoms with Crippen LogP contribution < -0.4 is 9.62 Å². The minimum absolute atomic E-state index is 0.180. The van der Waals surface area contributed by atoms with E-state index >= 15 is 0 Å². The number of benzene rings is 3. The first-order valence-electron chi connectivity index (χ1n) is 10.8. The highest BCUT2D eigenvalue weighted by atomic mass is 32.2. The Labute approximate surface area is 190 Å². The molecule has 0 radical (unpaired) electrons. The molecule has 1 amide bonds. The van der Waals surface area contributed by atoms with Gasteiger partial charge in [-0.25, -0.2) is 8.42 Å². The first-order valence-corrected chi connectivity index (χ1v) is 12.3. The minimum Gasteiger partial charge on any atom is -0.348 e. The standard InChI is InChI=1S/C26H28N2O3S/c1-18(2)15-23(20-9-5-4-6-10-20)27-26(29)17-28-24-14-13-19(3)16-22(24)21-11-7-8-12-25(21)32(28,30)31/h4-14,16,18,23H,15,17H2,1-3H3,(H,27,29)/t23-/m0/s1. The quantitative estimate of drug-likeness (QED) is 0.572. The molecule has 1 atom stereocenters. The topological polar surface area (TPSA) is 66.5 Å². The molecule has 0 spiro atoms. The molecule has 4 rings (SSSR count). The Kier molecular flexibility index (Phi) is 6.07. The Hall–Kier alpha value is -3.12. The van der Waals surface area contributed by atoms with Gasteiger partial charge in [-0.15, -0.1) is 0 Å². The second kappa shape index (κ2) is 8.79. The maximum atomic E-state index is 13.5. The first kappa shape index (κ1) is 22.1. The lowest BCUT2D eigenvalue weighted by Gasteiger charge is -2.32. The van der Waals surface area contributed by atoms with Crippen LogP contribution in [0.4, 0.5) is 5.69 Å². The minimum atomic E-state index is -3.86. The number of nitrogens with zero attached hydrogens (tertiary/aromatic N) is 1. The molecule has 0 saturated heterocycles. The smallest absolute Gasteiger partial charge is 0.265 e. The van der Waals surface area contributed by atoms with Crippen molar-refractivity contribution in [2.24, 2.45) is 5.92 Å². The van der Waals surface area contributed by atoms with Crippen molar-refractivity contribution < 1.29 is 13.2 Å². The normalized spacial score (nSPS) is 15.1. The van der Waals surface area contributed by atoms with Gasteiger partial charge in [-0.2, -0.15) is 0 Å². The Morgan fingerprint density at radius 3 is 2.34 bits per heavy atom. The third kappa shape index (κ3) is 4.28. The molecule has 0 aromatic heterocycles. The van der Waals surface area contributed by atoms with Crippen LogP contribution in [0.2, 0.25) is 0 Å². The lowest BCUT2D eigenvalue weighted by Crippen LogP contribution is -2.43. The van der Waals surface area contributed by atoms with Crippen LogP contribution in [-0.2, 0) is 14.8 Å². The second-order valence-corrected chi connectivity index (χ2v) is 10.5. The van der Waals surface area contributed by atoms with Crippen LogP contribution in [0.1, 0.15) is 37.4 Å². The van der Waals surface area contributed by atoms with Crippen LogP contribution >= 0.6 is 0 Å². The Morgan fingerprint density at radius 2 is 1.62 bits per heavy atom. The Bertz CT molecular complexity index is 1240. The molecule has 5 nitrogen and oxygen atoms in total. The van der Waals surface area contributed by atoms with Crippen molar-refractivity contribution in [1.29, 1.82) is 0 Å². The molecule has 3 aromatic carbocycles. The largest absolute Gasteiger partial charge is 0.348 e. The Balaban J connectivity index is 1.67.